The van der Waals surface area contributed by atoms with Gasteiger partial charge in [-0.25, -0.2) is 0 Å². The first-order chi connectivity index (χ1) is 4.13. The summed E-state index contributed by atoms with van der Waals surface area (Å²) in [5.41, 5.74) is 1.50. The molecule has 1 aliphatic carbocycles. The van der Waals surface area contributed by atoms with Crippen LogP contribution in [-0.2, 0) is 0 Å². The molecule has 0 saturated carbocycles. The van der Waals surface area contributed by atoms with Gasteiger partial charge in [0, 0.05) is 24.7 Å². The summed E-state index contributed by atoms with van der Waals surface area (Å²) in [6.07, 6.45) is 2.29. The number of hydrogen-bond acceptors (Lipinski definition) is 1. The Hall–Kier alpha value is -0.460. The maximum absolute atomic E-state index is 2.32. The average molecular weight is 125 g/mol. The summed E-state index contributed by atoms with van der Waals surface area (Å²) < 4.78 is 0. The minimum Gasteiger partial charge on any atom is -0.375 e. The lowest BCUT2D eigenvalue weighted by molar-refractivity contribution is 0.347. The lowest BCUT2D eigenvalue weighted by atomic mass is 10.3. The van der Waals surface area contributed by atoms with E-state index in [0.717, 1.165) is 5.92 Å². The lowest BCUT2D eigenvalue weighted by Gasteiger charge is -2.20. The van der Waals surface area contributed by atoms with Crippen LogP contribution in [0.2, 0.25) is 0 Å². The van der Waals surface area contributed by atoms with Gasteiger partial charge < -0.3 is 4.90 Å². The van der Waals surface area contributed by atoms with Gasteiger partial charge in [-0.15, -0.1) is 0 Å². The molecule has 0 aliphatic heterocycles. The highest BCUT2D eigenvalue weighted by molar-refractivity contribution is 5.26. The number of nitrogens with zero attached hydrogens (tertiary/aromatic N) is 1. The van der Waals surface area contributed by atoms with Gasteiger partial charge >= 0.3 is 0 Å². The van der Waals surface area contributed by atoms with Gasteiger partial charge in [0.2, 0.25) is 0 Å². The van der Waals surface area contributed by atoms with Crippen molar-refractivity contribution in [2.24, 2.45) is 5.92 Å². The molecule has 0 aromatic heterocycles. The molecule has 0 amide bonds. The molecule has 9 heavy (non-hydrogen) atoms. The Morgan fingerprint density at radius 3 is 2.11 bits per heavy atom. The van der Waals surface area contributed by atoms with Crippen LogP contribution in [0, 0.1) is 5.92 Å². The zero-order valence-electron chi connectivity index (χ0n) is 6.68. The van der Waals surface area contributed by atoms with Crippen LogP contribution in [0.25, 0.3) is 0 Å². The van der Waals surface area contributed by atoms with E-state index < -0.39 is 0 Å². The topological polar surface area (TPSA) is 3.24 Å². The fourth-order valence-corrected chi connectivity index (χ4v) is 0.945. The van der Waals surface area contributed by atoms with Gasteiger partial charge in [-0.3, -0.25) is 0 Å². The van der Waals surface area contributed by atoms with Crippen molar-refractivity contribution >= 4 is 0 Å². The first kappa shape index (κ1) is 6.66. The largest absolute Gasteiger partial charge is 0.375 e. The minimum atomic E-state index is 0.654. The Labute approximate surface area is 57.4 Å². The van der Waals surface area contributed by atoms with Crippen molar-refractivity contribution in [1.29, 1.82) is 0 Å². The average Bonchev–Trinajstić information content (AvgIpc) is 2.44. The number of allylic oxidation sites excluding steroid dienone is 2. The van der Waals surface area contributed by atoms with Gasteiger partial charge in [0.25, 0.3) is 0 Å². The van der Waals surface area contributed by atoms with E-state index in [2.05, 4.69) is 38.8 Å². The van der Waals surface area contributed by atoms with Crippen molar-refractivity contribution < 1.29 is 0 Å². The van der Waals surface area contributed by atoms with E-state index in [4.69, 9.17) is 0 Å². The van der Waals surface area contributed by atoms with Crippen LogP contribution in [0.3, 0.4) is 0 Å². The Balaban J connectivity index is 2.36. The highest BCUT2D eigenvalue weighted by Gasteiger charge is 2.23. The predicted molar refractivity (Wildman–Crippen MR) is 40.1 cm³/mol. The SMILES string of the molecule is CC1C=C1N(C)C(C)C. The van der Waals surface area contributed by atoms with Crippen LogP contribution < -0.4 is 0 Å². The zero-order valence-corrected chi connectivity index (χ0v) is 6.68. The van der Waals surface area contributed by atoms with Crippen LogP contribution in [-0.4, -0.2) is 18.0 Å². The molecule has 0 aromatic rings. The summed E-state index contributed by atoms with van der Waals surface area (Å²) in [6.45, 7) is 6.66. The molecule has 0 heterocycles. The Kier molecular flexibility index (Phi) is 1.52. The van der Waals surface area contributed by atoms with E-state index in [9.17, 15) is 0 Å². The smallest absolute Gasteiger partial charge is 0.0227 e. The van der Waals surface area contributed by atoms with Gasteiger partial charge in [-0.05, 0) is 13.8 Å². The maximum Gasteiger partial charge on any atom is 0.0227 e. The Morgan fingerprint density at radius 2 is 2.00 bits per heavy atom. The first-order valence-corrected chi connectivity index (χ1v) is 3.57. The molecular formula is C8H15N. The fourth-order valence-electron chi connectivity index (χ4n) is 0.945. The molecule has 1 atom stereocenters. The van der Waals surface area contributed by atoms with Crippen molar-refractivity contribution in [3.05, 3.63) is 11.8 Å². The highest BCUT2D eigenvalue weighted by Crippen LogP contribution is 2.31. The van der Waals surface area contributed by atoms with E-state index in [1.54, 1.807) is 0 Å². The zero-order chi connectivity index (χ0) is 7.02. The molecule has 52 valence electrons. The van der Waals surface area contributed by atoms with E-state index >= 15 is 0 Å². The third-order valence-corrected chi connectivity index (χ3v) is 1.96. The van der Waals surface area contributed by atoms with Crippen molar-refractivity contribution in [3.8, 4) is 0 Å². The molecule has 0 spiro atoms. The molecule has 0 aromatic carbocycles. The molecule has 1 unspecified atom stereocenters. The minimum absolute atomic E-state index is 0.654. The lowest BCUT2D eigenvalue weighted by Crippen LogP contribution is -2.22. The quantitative estimate of drug-likeness (QED) is 0.544. The molecule has 1 aliphatic rings. The highest BCUT2D eigenvalue weighted by atomic mass is 15.1. The van der Waals surface area contributed by atoms with Crippen molar-refractivity contribution in [3.63, 3.8) is 0 Å². The third kappa shape index (κ3) is 1.26. The van der Waals surface area contributed by atoms with Crippen molar-refractivity contribution in [1.82, 2.24) is 4.90 Å². The van der Waals surface area contributed by atoms with Gasteiger partial charge in [0.1, 0.15) is 0 Å². The van der Waals surface area contributed by atoms with Crippen LogP contribution in [0.5, 0.6) is 0 Å². The molecular weight excluding hydrogens is 110 g/mol. The Morgan fingerprint density at radius 1 is 1.56 bits per heavy atom. The normalized spacial score (nSPS) is 24.1. The molecule has 0 saturated heterocycles. The summed E-state index contributed by atoms with van der Waals surface area (Å²) in [5, 5.41) is 0. The molecule has 0 radical (unpaired) electrons. The summed E-state index contributed by atoms with van der Waals surface area (Å²) in [7, 11) is 2.15. The van der Waals surface area contributed by atoms with Crippen LogP contribution >= 0.6 is 0 Å². The first-order valence-electron chi connectivity index (χ1n) is 3.57. The van der Waals surface area contributed by atoms with Gasteiger partial charge in [0.15, 0.2) is 0 Å². The molecule has 1 heteroatoms. The second-order valence-electron chi connectivity index (χ2n) is 3.08. The van der Waals surface area contributed by atoms with Crippen LogP contribution in [0.1, 0.15) is 20.8 Å². The fraction of sp³-hybridized carbons (Fsp3) is 0.750. The summed E-state index contributed by atoms with van der Waals surface area (Å²) in [4.78, 5) is 2.32. The van der Waals surface area contributed by atoms with Crippen LogP contribution in [0.4, 0.5) is 0 Å². The molecule has 0 fully saturated rings. The molecule has 0 bridgehead atoms. The van der Waals surface area contributed by atoms with Crippen molar-refractivity contribution in [2.45, 2.75) is 26.8 Å². The third-order valence-electron chi connectivity index (χ3n) is 1.96. The van der Waals surface area contributed by atoms with Gasteiger partial charge in [-0.2, -0.15) is 0 Å². The molecule has 1 rings (SSSR count). The van der Waals surface area contributed by atoms with E-state index in [1.165, 1.54) is 5.70 Å². The second-order valence-corrected chi connectivity index (χ2v) is 3.08. The monoisotopic (exact) mass is 125 g/mol. The molecule has 1 nitrogen and oxygen atoms in total. The number of hydrogen-bond donors (Lipinski definition) is 0. The second kappa shape index (κ2) is 2.05. The Bertz CT molecular complexity index is 136. The van der Waals surface area contributed by atoms with Crippen molar-refractivity contribution in [2.75, 3.05) is 7.05 Å². The van der Waals surface area contributed by atoms with Gasteiger partial charge in [0.05, 0.1) is 0 Å². The van der Waals surface area contributed by atoms with E-state index in [-0.39, 0.29) is 0 Å². The summed E-state index contributed by atoms with van der Waals surface area (Å²) in [6, 6.07) is 0.654. The maximum atomic E-state index is 2.32. The standard InChI is InChI=1S/C8H15N/c1-6(2)9(4)8-5-7(8)3/h5-7H,1-4H3. The molecule has 0 N–H and O–H groups in total. The summed E-state index contributed by atoms with van der Waals surface area (Å²) >= 11 is 0. The number of rotatable bonds is 2. The van der Waals surface area contributed by atoms with Crippen LogP contribution in [0.15, 0.2) is 11.8 Å². The summed E-state index contributed by atoms with van der Waals surface area (Å²) in [5.74, 6) is 0.748. The predicted octanol–water partition coefficient (Wildman–Crippen LogP) is 1.86. The van der Waals surface area contributed by atoms with E-state index in [0.29, 0.717) is 6.04 Å². The van der Waals surface area contributed by atoms with E-state index in [1.807, 2.05) is 0 Å². The van der Waals surface area contributed by atoms with Gasteiger partial charge in [-0.1, -0.05) is 13.0 Å².